The molecule has 0 amide bonds. The van der Waals surface area contributed by atoms with E-state index in [0.717, 1.165) is 25.7 Å². The fraction of sp³-hybridized carbons (Fsp3) is 0.441. The van der Waals surface area contributed by atoms with E-state index in [4.69, 9.17) is 14.2 Å². The standard InChI is InChI=1S/C34H42O6/c1-26(25-33(2)38-22-23-39-33)14-12-13-21-30(35)24-31(36)40-32(27-15-6-3-7-16-27)34(37,28-17-8-4-9-18-28)29-19-10-5-11-20-29/h3-11,15-20,26,30,32,35,37H,12-14,21-25H2,1-2H3/t26-,30-,32+/m1/s1. The number of hydrogen-bond acceptors (Lipinski definition) is 6. The minimum absolute atomic E-state index is 0.141. The van der Waals surface area contributed by atoms with E-state index in [1.54, 1.807) is 0 Å². The molecule has 0 aliphatic carbocycles. The van der Waals surface area contributed by atoms with E-state index in [1.807, 2.05) is 97.9 Å². The molecule has 4 rings (SSSR count). The third-order valence-electron chi connectivity index (χ3n) is 7.66. The quantitative estimate of drug-likeness (QED) is 0.182. The minimum atomic E-state index is -1.63. The summed E-state index contributed by atoms with van der Waals surface area (Å²) >= 11 is 0. The molecule has 0 bridgehead atoms. The van der Waals surface area contributed by atoms with Gasteiger partial charge in [0.2, 0.25) is 0 Å². The Morgan fingerprint density at radius 3 is 1.93 bits per heavy atom. The van der Waals surface area contributed by atoms with Crippen molar-refractivity contribution >= 4 is 5.97 Å². The molecule has 3 atom stereocenters. The maximum Gasteiger partial charge on any atom is 0.309 e. The van der Waals surface area contributed by atoms with E-state index >= 15 is 0 Å². The average molecular weight is 547 g/mol. The first-order valence-electron chi connectivity index (χ1n) is 14.3. The van der Waals surface area contributed by atoms with E-state index in [9.17, 15) is 15.0 Å². The van der Waals surface area contributed by atoms with Gasteiger partial charge in [0.1, 0.15) is 0 Å². The lowest BCUT2D eigenvalue weighted by atomic mass is 9.79. The van der Waals surface area contributed by atoms with Crippen LogP contribution in [0, 0.1) is 5.92 Å². The van der Waals surface area contributed by atoms with Gasteiger partial charge in [0.15, 0.2) is 17.5 Å². The van der Waals surface area contributed by atoms with Crippen molar-refractivity contribution in [3.05, 3.63) is 108 Å². The van der Waals surface area contributed by atoms with Crippen LogP contribution in [0.2, 0.25) is 0 Å². The number of aliphatic hydroxyl groups excluding tert-OH is 1. The Morgan fingerprint density at radius 1 is 0.875 bits per heavy atom. The molecule has 3 aromatic rings. The maximum absolute atomic E-state index is 13.2. The van der Waals surface area contributed by atoms with Crippen LogP contribution in [0.1, 0.15) is 75.2 Å². The third kappa shape index (κ3) is 7.79. The molecule has 3 aromatic carbocycles. The minimum Gasteiger partial charge on any atom is -0.454 e. The monoisotopic (exact) mass is 546 g/mol. The van der Waals surface area contributed by atoms with Gasteiger partial charge in [-0.15, -0.1) is 0 Å². The van der Waals surface area contributed by atoms with Crippen molar-refractivity contribution in [3.8, 4) is 0 Å². The summed E-state index contributed by atoms with van der Waals surface area (Å²) in [6.45, 7) is 5.47. The van der Waals surface area contributed by atoms with Crippen LogP contribution in [0.4, 0.5) is 0 Å². The third-order valence-corrected chi connectivity index (χ3v) is 7.66. The van der Waals surface area contributed by atoms with Crippen molar-refractivity contribution < 1.29 is 29.2 Å². The molecule has 1 saturated heterocycles. The molecule has 0 radical (unpaired) electrons. The normalized spacial score (nSPS) is 17.2. The average Bonchev–Trinajstić information content (AvgIpc) is 3.40. The van der Waals surface area contributed by atoms with Crippen LogP contribution in [0.25, 0.3) is 0 Å². The van der Waals surface area contributed by atoms with Crippen molar-refractivity contribution in [3.63, 3.8) is 0 Å². The SMILES string of the molecule is C[C@H](CCCC[C@@H](O)CC(=O)O[C@@H](c1ccccc1)C(O)(c1ccccc1)c1ccccc1)CC1(C)OCCO1. The van der Waals surface area contributed by atoms with Gasteiger partial charge in [-0.1, -0.05) is 117 Å². The number of carbonyl (C=O) groups is 1. The summed E-state index contributed by atoms with van der Waals surface area (Å²) in [5, 5.41) is 23.0. The highest BCUT2D eigenvalue weighted by molar-refractivity contribution is 5.70. The van der Waals surface area contributed by atoms with Gasteiger partial charge in [-0.3, -0.25) is 4.79 Å². The first-order chi connectivity index (χ1) is 19.3. The van der Waals surface area contributed by atoms with Gasteiger partial charge in [0.25, 0.3) is 0 Å². The van der Waals surface area contributed by atoms with E-state index in [-0.39, 0.29) is 6.42 Å². The smallest absolute Gasteiger partial charge is 0.309 e. The van der Waals surface area contributed by atoms with Crippen LogP contribution in [-0.4, -0.2) is 41.3 Å². The molecule has 6 heteroatoms. The molecule has 1 fully saturated rings. The number of carbonyl (C=O) groups excluding carboxylic acids is 1. The van der Waals surface area contributed by atoms with Crippen LogP contribution < -0.4 is 0 Å². The molecule has 1 heterocycles. The molecule has 214 valence electrons. The summed E-state index contributed by atoms with van der Waals surface area (Å²) in [4.78, 5) is 13.2. The van der Waals surface area contributed by atoms with Gasteiger partial charge in [-0.05, 0) is 36.0 Å². The highest BCUT2D eigenvalue weighted by atomic mass is 16.7. The number of benzene rings is 3. The van der Waals surface area contributed by atoms with Crippen LogP contribution in [0.15, 0.2) is 91.0 Å². The second-order valence-corrected chi connectivity index (χ2v) is 11.1. The summed E-state index contributed by atoms with van der Waals surface area (Å²) < 4.78 is 17.5. The lowest BCUT2D eigenvalue weighted by Crippen LogP contribution is -2.38. The zero-order chi connectivity index (χ0) is 28.4. The largest absolute Gasteiger partial charge is 0.454 e. The highest BCUT2D eigenvalue weighted by Gasteiger charge is 2.44. The second kappa shape index (κ2) is 14.0. The van der Waals surface area contributed by atoms with E-state index in [2.05, 4.69) is 6.92 Å². The first kappa shape index (κ1) is 29.9. The zero-order valence-corrected chi connectivity index (χ0v) is 23.6. The van der Waals surface area contributed by atoms with E-state index in [1.165, 1.54) is 0 Å². The second-order valence-electron chi connectivity index (χ2n) is 11.1. The number of hydrogen-bond donors (Lipinski definition) is 2. The Labute approximate surface area is 237 Å². The Bertz CT molecular complexity index is 1120. The number of esters is 1. The predicted octanol–water partition coefficient (Wildman–Crippen LogP) is 6.31. The van der Waals surface area contributed by atoms with Crippen LogP contribution in [0.3, 0.4) is 0 Å². The molecule has 40 heavy (non-hydrogen) atoms. The molecule has 6 nitrogen and oxygen atoms in total. The molecule has 0 spiro atoms. The van der Waals surface area contributed by atoms with Gasteiger partial charge in [-0.25, -0.2) is 0 Å². The molecular weight excluding hydrogens is 504 g/mol. The summed E-state index contributed by atoms with van der Waals surface area (Å²) in [5.74, 6) is -0.603. The lowest BCUT2D eigenvalue weighted by Gasteiger charge is -2.37. The van der Waals surface area contributed by atoms with Crippen molar-refractivity contribution in [2.45, 2.75) is 76.0 Å². The first-order valence-corrected chi connectivity index (χ1v) is 14.3. The van der Waals surface area contributed by atoms with Crippen molar-refractivity contribution in [1.29, 1.82) is 0 Å². The predicted molar refractivity (Wildman–Crippen MR) is 154 cm³/mol. The zero-order valence-electron chi connectivity index (χ0n) is 23.6. The molecule has 2 N–H and O–H groups in total. The topological polar surface area (TPSA) is 85.2 Å². The Kier molecular flexibility index (Phi) is 10.5. The number of aliphatic hydroxyl groups is 2. The summed E-state index contributed by atoms with van der Waals surface area (Å²) in [6, 6.07) is 27.8. The van der Waals surface area contributed by atoms with Crippen molar-refractivity contribution in [2.75, 3.05) is 13.2 Å². The molecule has 0 aromatic heterocycles. The molecule has 0 saturated carbocycles. The summed E-state index contributed by atoms with van der Waals surface area (Å²) in [6.07, 6.45) is 2.11. The maximum atomic E-state index is 13.2. The van der Waals surface area contributed by atoms with Crippen molar-refractivity contribution in [2.24, 2.45) is 5.92 Å². The van der Waals surface area contributed by atoms with Crippen molar-refractivity contribution in [1.82, 2.24) is 0 Å². The van der Waals surface area contributed by atoms with Gasteiger partial charge in [-0.2, -0.15) is 0 Å². The highest BCUT2D eigenvalue weighted by Crippen LogP contribution is 2.43. The van der Waals surface area contributed by atoms with E-state index in [0.29, 0.717) is 42.2 Å². The van der Waals surface area contributed by atoms with Crippen LogP contribution >= 0.6 is 0 Å². The fourth-order valence-corrected chi connectivity index (χ4v) is 5.63. The van der Waals surface area contributed by atoms with Gasteiger partial charge >= 0.3 is 5.97 Å². The van der Waals surface area contributed by atoms with Gasteiger partial charge in [0, 0.05) is 6.42 Å². The molecule has 1 aliphatic rings. The lowest BCUT2D eigenvalue weighted by molar-refractivity contribution is -0.165. The van der Waals surface area contributed by atoms with Gasteiger partial charge in [0.05, 0.1) is 25.7 Å². The number of rotatable bonds is 14. The molecule has 0 unspecified atom stereocenters. The number of ether oxygens (including phenoxy) is 3. The van der Waals surface area contributed by atoms with Crippen LogP contribution in [-0.2, 0) is 24.6 Å². The summed E-state index contributed by atoms with van der Waals surface area (Å²) in [7, 11) is 0. The van der Waals surface area contributed by atoms with Crippen LogP contribution in [0.5, 0.6) is 0 Å². The Morgan fingerprint density at radius 2 is 1.38 bits per heavy atom. The van der Waals surface area contributed by atoms with Gasteiger partial charge < -0.3 is 24.4 Å². The Balaban J connectivity index is 1.40. The number of unbranched alkanes of at least 4 members (excludes halogenated alkanes) is 1. The molecule has 1 aliphatic heterocycles. The summed E-state index contributed by atoms with van der Waals surface area (Å²) in [5.41, 5.74) is 0.252. The molecular formula is C34H42O6. The van der Waals surface area contributed by atoms with E-state index < -0.39 is 29.6 Å². The Hall–Kier alpha value is -3.03. The fourth-order valence-electron chi connectivity index (χ4n) is 5.63.